The van der Waals surface area contributed by atoms with E-state index in [1.807, 2.05) is 27.7 Å². The molecule has 0 aromatic carbocycles. The predicted molar refractivity (Wildman–Crippen MR) is 95.7 cm³/mol. The molecule has 0 aliphatic carbocycles. The quantitative estimate of drug-likeness (QED) is 0.706. The summed E-state index contributed by atoms with van der Waals surface area (Å²) in [5, 5.41) is 0.0942. The zero-order valence-corrected chi connectivity index (χ0v) is 18.0. The Balaban J connectivity index is 1.83. The van der Waals surface area contributed by atoms with Crippen molar-refractivity contribution in [3.05, 3.63) is 0 Å². The van der Waals surface area contributed by atoms with Crippen LogP contribution in [0.4, 0.5) is 0 Å². The summed E-state index contributed by atoms with van der Waals surface area (Å²) >= 11 is 0. The Bertz CT molecular complexity index is 512. The topological polar surface area (TPSA) is 55.4 Å². The minimum atomic E-state index is -2.02. The summed E-state index contributed by atoms with van der Waals surface area (Å²) in [6.07, 6.45) is -1.36. The maximum atomic E-state index is 6.74. The number of rotatable bonds is 3. The highest BCUT2D eigenvalue weighted by Crippen LogP contribution is 2.45. The van der Waals surface area contributed by atoms with Crippen molar-refractivity contribution in [3.63, 3.8) is 0 Å². The van der Waals surface area contributed by atoms with Crippen molar-refractivity contribution in [2.45, 2.75) is 109 Å². The molecule has 7 heteroatoms. The van der Waals surface area contributed by atoms with Crippen LogP contribution in [0.15, 0.2) is 0 Å². The van der Waals surface area contributed by atoms with Gasteiger partial charge in [-0.2, -0.15) is 0 Å². The van der Waals surface area contributed by atoms with Crippen molar-refractivity contribution in [1.29, 1.82) is 0 Å². The largest absolute Gasteiger partial charge is 0.408 e. The van der Waals surface area contributed by atoms with E-state index in [0.29, 0.717) is 6.61 Å². The van der Waals surface area contributed by atoms with Crippen molar-refractivity contribution in [1.82, 2.24) is 0 Å². The molecule has 3 heterocycles. The third kappa shape index (κ3) is 3.83. The Morgan fingerprint density at radius 2 is 1.56 bits per heavy atom. The van der Waals surface area contributed by atoms with E-state index in [-0.39, 0.29) is 29.5 Å². The lowest BCUT2D eigenvalue weighted by Crippen LogP contribution is -2.52. The zero-order chi connectivity index (χ0) is 18.8. The van der Waals surface area contributed by atoms with Gasteiger partial charge < -0.3 is 28.1 Å². The average Bonchev–Trinajstić information content (AvgIpc) is 2.99. The van der Waals surface area contributed by atoms with Gasteiger partial charge in [0.1, 0.15) is 24.4 Å². The molecule has 3 fully saturated rings. The molecular formula is C18H34O6Si. The summed E-state index contributed by atoms with van der Waals surface area (Å²) in [4.78, 5) is 0. The summed E-state index contributed by atoms with van der Waals surface area (Å²) < 4.78 is 36.8. The van der Waals surface area contributed by atoms with Crippen molar-refractivity contribution >= 4 is 8.32 Å². The van der Waals surface area contributed by atoms with Gasteiger partial charge in [0.05, 0.1) is 6.61 Å². The summed E-state index contributed by atoms with van der Waals surface area (Å²) in [6.45, 7) is 19.3. The first-order valence-electron chi connectivity index (χ1n) is 9.22. The molecule has 0 spiro atoms. The second-order valence-electron chi connectivity index (χ2n) is 9.78. The van der Waals surface area contributed by atoms with Crippen LogP contribution < -0.4 is 0 Å². The molecular weight excluding hydrogens is 340 g/mol. The van der Waals surface area contributed by atoms with Crippen LogP contribution in [-0.2, 0) is 28.1 Å². The van der Waals surface area contributed by atoms with Crippen LogP contribution in [0.2, 0.25) is 18.1 Å². The highest BCUT2D eigenvalue weighted by molar-refractivity contribution is 6.74. The van der Waals surface area contributed by atoms with E-state index in [1.54, 1.807) is 0 Å². The molecule has 3 rings (SSSR count). The first-order valence-corrected chi connectivity index (χ1v) is 12.1. The number of fused-ring (bicyclic) bond motifs is 1. The molecule has 0 amide bonds. The number of ether oxygens (including phenoxy) is 5. The van der Waals surface area contributed by atoms with Gasteiger partial charge in [-0.15, -0.1) is 0 Å². The van der Waals surface area contributed by atoms with Crippen LogP contribution >= 0.6 is 0 Å². The van der Waals surface area contributed by atoms with E-state index in [9.17, 15) is 0 Å². The number of hydrogen-bond donors (Lipinski definition) is 0. The molecule has 0 radical (unpaired) electrons. The monoisotopic (exact) mass is 374 g/mol. The van der Waals surface area contributed by atoms with E-state index in [0.717, 1.165) is 0 Å². The second-order valence-corrected chi connectivity index (χ2v) is 14.5. The van der Waals surface area contributed by atoms with Gasteiger partial charge in [-0.05, 0) is 45.8 Å². The molecule has 0 bridgehead atoms. The molecule has 3 aliphatic heterocycles. The van der Waals surface area contributed by atoms with Gasteiger partial charge >= 0.3 is 0 Å². The standard InChI is InChI=1S/C18H34O6Si/c1-16(2,3)25(8,9)24-13-12(11-10-19-17(4,5)21-11)20-15-14(13)22-18(6,7)23-15/h11-15H,10H2,1-9H3/t11-,12-,13+,14-,15-/m1/s1. The molecule has 0 N–H and O–H groups in total. The van der Waals surface area contributed by atoms with Crippen LogP contribution in [0.5, 0.6) is 0 Å². The minimum Gasteiger partial charge on any atom is -0.408 e. The third-order valence-corrected chi connectivity index (χ3v) is 10.1. The molecule has 0 unspecified atom stereocenters. The van der Waals surface area contributed by atoms with E-state index in [2.05, 4.69) is 33.9 Å². The first kappa shape index (κ1) is 19.7. The highest BCUT2D eigenvalue weighted by atomic mass is 28.4. The molecule has 0 aromatic rings. The Labute approximate surface area is 152 Å². The van der Waals surface area contributed by atoms with Crippen LogP contribution in [0.25, 0.3) is 0 Å². The van der Waals surface area contributed by atoms with Gasteiger partial charge in [0.15, 0.2) is 26.2 Å². The molecule has 6 nitrogen and oxygen atoms in total. The summed E-state index contributed by atoms with van der Waals surface area (Å²) in [7, 11) is -2.02. The fourth-order valence-electron chi connectivity index (χ4n) is 3.33. The Kier molecular flexibility index (Phi) is 4.73. The second kappa shape index (κ2) is 5.99. The van der Waals surface area contributed by atoms with E-state index in [1.165, 1.54) is 0 Å². The molecule has 25 heavy (non-hydrogen) atoms. The molecule has 3 saturated heterocycles. The van der Waals surface area contributed by atoms with Crippen LogP contribution in [-0.4, -0.2) is 57.2 Å². The van der Waals surface area contributed by atoms with Gasteiger partial charge in [0.25, 0.3) is 0 Å². The fraction of sp³-hybridized carbons (Fsp3) is 1.00. The predicted octanol–water partition coefficient (Wildman–Crippen LogP) is 3.40. The maximum Gasteiger partial charge on any atom is 0.192 e. The van der Waals surface area contributed by atoms with Gasteiger partial charge in [0.2, 0.25) is 0 Å². The summed E-state index contributed by atoms with van der Waals surface area (Å²) in [5.41, 5.74) is 0. The SMILES string of the molecule is CC1(C)O[C@H]2O[C@H]([C@H]3COC(C)(C)O3)[C@H](O[Si](C)(C)C(C)(C)C)[C@H]2O1. The summed E-state index contributed by atoms with van der Waals surface area (Å²) in [6, 6.07) is 0. The van der Waals surface area contributed by atoms with Crippen molar-refractivity contribution in [3.8, 4) is 0 Å². The van der Waals surface area contributed by atoms with Crippen molar-refractivity contribution < 1.29 is 28.1 Å². The van der Waals surface area contributed by atoms with Crippen LogP contribution in [0.1, 0.15) is 48.5 Å². The number of hydrogen-bond acceptors (Lipinski definition) is 6. The van der Waals surface area contributed by atoms with Gasteiger partial charge in [-0.25, -0.2) is 0 Å². The lowest BCUT2D eigenvalue weighted by Gasteiger charge is -2.41. The van der Waals surface area contributed by atoms with Crippen molar-refractivity contribution in [2.75, 3.05) is 6.61 Å². The van der Waals surface area contributed by atoms with Gasteiger partial charge in [-0.3, -0.25) is 0 Å². The third-order valence-electron chi connectivity index (χ3n) is 5.66. The van der Waals surface area contributed by atoms with E-state index < -0.39 is 26.2 Å². The zero-order valence-electron chi connectivity index (χ0n) is 17.0. The average molecular weight is 375 g/mol. The normalized spacial score (nSPS) is 40.4. The highest BCUT2D eigenvalue weighted by Gasteiger charge is 2.60. The van der Waals surface area contributed by atoms with Crippen molar-refractivity contribution in [2.24, 2.45) is 0 Å². The first-order chi connectivity index (χ1) is 11.2. The molecule has 146 valence electrons. The molecule has 5 atom stereocenters. The molecule has 0 aromatic heterocycles. The van der Waals surface area contributed by atoms with Gasteiger partial charge in [-0.1, -0.05) is 20.8 Å². The lowest BCUT2D eigenvalue weighted by molar-refractivity contribution is -0.231. The molecule has 0 saturated carbocycles. The van der Waals surface area contributed by atoms with Crippen LogP contribution in [0, 0.1) is 0 Å². The smallest absolute Gasteiger partial charge is 0.192 e. The van der Waals surface area contributed by atoms with Crippen LogP contribution in [0.3, 0.4) is 0 Å². The Morgan fingerprint density at radius 3 is 2.08 bits per heavy atom. The van der Waals surface area contributed by atoms with E-state index >= 15 is 0 Å². The Morgan fingerprint density at radius 1 is 0.920 bits per heavy atom. The lowest BCUT2D eigenvalue weighted by atomic mass is 10.1. The summed E-state index contributed by atoms with van der Waals surface area (Å²) in [5.74, 6) is -1.27. The van der Waals surface area contributed by atoms with Gasteiger partial charge in [0, 0.05) is 0 Å². The maximum absolute atomic E-state index is 6.74. The van der Waals surface area contributed by atoms with E-state index in [4.69, 9.17) is 28.1 Å². The molecule has 3 aliphatic rings. The Hall–Kier alpha value is -0.0231. The fourth-order valence-corrected chi connectivity index (χ4v) is 4.63. The minimum absolute atomic E-state index is 0.0942.